The molecule has 0 aliphatic carbocycles. The Hall–Kier alpha value is -1.69. The van der Waals surface area contributed by atoms with E-state index in [9.17, 15) is 4.79 Å². The van der Waals surface area contributed by atoms with Crippen molar-refractivity contribution in [2.45, 2.75) is 30.1 Å². The molecule has 0 saturated carbocycles. The molecule has 146 valence electrons. The maximum absolute atomic E-state index is 12.5. The number of halogens is 2. The first-order chi connectivity index (χ1) is 13.6. The van der Waals surface area contributed by atoms with Crippen LogP contribution in [0.5, 0.6) is 0 Å². The fourth-order valence-electron chi connectivity index (χ4n) is 3.41. The van der Waals surface area contributed by atoms with Crippen molar-refractivity contribution in [1.29, 1.82) is 0 Å². The molecule has 1 aliphatic heterocycles. The molecule has 0 N–H and O–H groups in total. The summed E-state index contributed by atoms with van der Waals surface area (Å²) in [7, 11) is 0. The first kappa shape index (κ1) is 19.6. The second-order valence-electron chi connectivity index (χ2n) is 6.87. The summed E-state index contributed by atoms with van der Waals surface area (Å²) in [5, 5.41) is 1.38. The minimum Gasteiger partial charge on any atom is -0.440 e. The highest BCUT2D eigenvalue weighted by Gasteiger charge is 2.26. The molecule has 2 aromatic carbocycles. The van der Waals surface area contributed by atoms with Crippen LogP contribution in [0.25, 0.3) is 11.1 Å². The van der Waals surface area contributed by atoms with Gasteiger partial charge in [-0.15, -0.1) is 11.8 Å². The smallest absolute Gasteiger partial charge is 0.223 e. The van der Waals surface area contributed by atoms with Crippen LogP contribution in [-0.4, -0.2) is 34.6 Å². The van der Waals surface area contributed by atoms with Crippen LogP contribution in [0, 0.1) is 0 Å². The monoisotopic (exact) mass is 434 g/mol. The lowest BCUT2D eigenvalue weighted by molar-refractivity contribution is -0.131. The molecule has 0 bridgehead atoms. The van der Waals surface area contributed by atoms with Gasteiger partial charge in [0.05, 0.1) is 0 Å². The van der Waals surface area contributed by atoms with Crippen LogP contribution in [0.3, 0.4) is 0 Å². The number of rotatable bonds is 5. The number of likely N-dealkylation sites (tertiary alicyclic amines) is 1. The molecule has 7 heteroatoms. The predicted molar refractivity (Wildman–Crippen MR) is 114 cm³/mol. The van der Waals surface area contributed by atoms with Gasteiger partial charge in [0, 0.05) is 46.1 Å². The maximum atomic E-state index is 12.5. The van der Waals surface area contributed by atoms with E-state index in [0.717, 1.165) is 58.6 Å². The number of amides is 1. The third kappa shape index (κ3) is 4.65. The molecule has 1 fully saturated rings. The van der Waals surface area contributed by atoms with Crippen molar-refractivity contribution in [3.8, 4) is 0 Å². The van der Waals surface area contributed by atoms with Crippen molar-refractivity contribution in [2.24, 2.45) is 0 Å². The van der Waals surface area contributed by atoms with Gasteiger partial charge in [0.1, 0.15) is 5.52 Å². The Morgan fingerprint density at radius 1 is 1.11 bits per heavy atom. The van der Waals surface area contributed by atoms with Crippen molar-refractivity contribution >= 4 is 52.0 Å². The average Bonchev–Trinajstić information content (AvgIpc) is 3.12. The van der Waals surface area contributed by atoms with Gasteiger partial charge in [-0.25, -0.2) is 4.98 Å². The van der Waals surface area contributed by atoms with Gasteiger partial charge < -0.3 is 9.32 Å². The second-order valence-corrected chi connectivity index (χ2v) is 8.91. The zero-order valence-electron chi connectivity index (χ0n) is 15.2. The van der Waals surface area contributed by atoms with Crippen LogP contribution < -0.4 is 0 Å². The summed E-state index contributed by atoms with van der Waals surface area (Å²) < 4.78 is 5.89. The highest BCUT2D eigenvalue weighted by atomic mass is 35.5. The Labute approximate surface area is 178 Å². The van der Waals surface area contributed by atoms with E-state index in [1.165, 1.54) is 0 Å². The first-order valence-corrected chi connectivity index (χ1v) is 11.0. The van der Waals surface area contributed by atoms with Crippen LogP contribution in [-0.2, 0) is 4.79 Å². The van der Waals surface area contributed by atoms with Crippen molar-refractivity contribution in [1.82, 2.24) is 9.88 Å². The Morgan fingerprint density at radius 2 is 1.82 bits per heavy atom. The summed E-state index contributed by atoms with van der Waals surface area (Å²) in [5.41, 5.74) is 1.55. The zero-order valence-corrected chi connectivity index (χ0v) is 17.6. The van der Waals surface area contributed by atoms with Crippen LogP contribution in [0.2, 0.25) is 10.0 Å². The van der Waals surface area contributed by atoms with E-state index >= 15 is 0 Å². The highest BCUT2D eigenvalue weighted by molar-refractivity contribution is 7.99. The van der Waals surface area contributed by atoms with Crippen molar-refractivity contribution < 1.29 is 9.21 Å². The number of piperidine rings is 1. The van der Waals surface area contributed by atoms with E-state index in [1.54, 1.807) is 11.8 Å². The van der Waals surface area contributed by atoms with Gasteiger partial charge in [0.2, 0.25) is 5.91 Å². The molecular weight excluding hydrogens is 415 g/mol. The number of hydrogen-bond acceptors (Lipinski definition) is 4. The van der Waals surface area contributed by atoms with E-state index in [4.69, 9.17) is 27.6 Å². The Balaban J connectivity index is 1.27. The molecule has 0 unspecified atom stereocenters. The van der Waals surface area contributed by atoms with Crippen LogP contribution >= 0.6 is 35.0 Å². The van der Waals surface area contributed by atoms with E-state index in [2.05, 4.69) is 4.98 Å². The minimum absolute atomic E-state index is 0.212. The van der Waals surface area contributed by atoms with Gasteiger partial charge in [-0.1, -0.05) is 23.2 Å². The number of carbonyl (C=O) groups is 1. The standard InChI is InChI=1S/C21H20Cl2N2O2S/c22-15-1-4-17(5-2-15)28-12-9-20(26)25-10-7-14(8-11-25)21-24-18-13-16(23)3-6-19(18)27-21/h1-6,13-14H,7-12H2. The van der Waals surface area contributed by atoms with Crippen LogP contribution in [0.1, 0.15) is 31.1 Å². The lowest BCUT2D eigenvalue weighted by Crippen LogP contribution is -2.38. The number of benzene rings is 2. The third-order valence-corrected chi connectivity index (χ3v) is 6.46. The van der Waals surface area contributed by atoms with Gasteiger partial charge in [0.25, 0.3) is 0 Å². The molecule has 1 saturated heterocycles. The van der Waals surface area contributed by atoms with Gasteiger partial charge in [-0.2, -0.15) is 0 Å². The van der Waals surface area contributed by atoms with E-state index in [-0.39, 0.29) is 11.8 Å². The van der Waals surface area contributed by atoms with Crippen molar-refractivity contribution in [3.63, 3.8) is 0 Å². The molecule has 0 spiro atoms. The number of aromatic nitrogens is 1. The van der Waals surface area contributed by atoms with E-state index < -0.39 is 0 Å². The number of oxazole rings is 1. The number of nitrogens with zero attached hydrogens (tertiary/aromatic N) is 2. The molecule has 4 nitrogen and oxygen atoms in total. The SMILES string of the molecule is O=C(CCSc1ccc(Cl)cc1)N1CCC(c2nc3cc(Cl)ccc3o2)CC1. The molecule has 28 heavy (non-hydrogen) atoms. The zero-order chi connectivity index (χ0) is 19.5. The number of hydrogen-bond donors (Lipinski definition) is 0. The number of fused-ring (bicyclic) bond motifs is 1. The lowest BCUT2D eigenvalue weighted by Gasteiger charge is -2.30. The molecule has 0 radical (unpaired) electrons. The summed E-state index contributed by atoms with van der Waals surface area (Å²) in [6, 6.07) is 13.2. The quantitative estimate of drug-likeness (QED) is 0.460. The first-order valence-electron chi connectivity index (χ1n) is 9.30. The summed E-state index contributed by atoms with van der Waals surface area (Å²) in [6.07, 6.45) is 2.28. The van der Waals surface area contributed by atoms with Gasteiger partial charge in [0.15, 0.2) is 11.5 Å². The molecule has 0 atom stereocenters. The lowest BCUT2D eigenvalue weighted by atomic mass is 9.96. The molecule has 1 aromatic heterocycles. The largest absolute Gasteiger partial charge is 0.440 e. The summed E-state index contributed by atoms with van der Waals surface area (Å²) in [6.45, 7) is 1.49. The molecule has 2 heterocycles. The summed E-state index contributed by atoms with van der Waals surface area (Å²) in [5.74, 6) is 1.98. The predicted octanol–water partition coefficient (Wildman–Crippen LogP) is 6.02. The normalized spacial score (nSPS) is 15.3. The molecule has 4 rings (SSSR count). The summed E-state index contributed by atoms with van der Waals surface area (Å²) >= 11 is 13.6. The van der Waals surface area contributed by atoms with Crippen LogP contribution in [0.15, 0.2) is 51.8 Å². The van der Waals surface area contributed by atoms with Crippen molar-refractivity contribution in [2.75, 3.05) is 18.8 Å². The molecule has 3 aromatic rings. The molecule has 1 amide bonds. The number of thioether (sulfide) groups is 1. The minimum atomic E-state index is 0.212. The van der Waals surface area contributed by atoms with Gasteiger partial charge in [-0.05, 0) is 55.3 Å². The highest BCUT2D eigenvalue weighted by Crippen LogP contribution is 2.31. The topological polar surface area (TPSA) is 46.3 Å². The second kappa shape index (κ2) is 8.76. The van der Waals surface area contributed by atoms with Gasteiger partial charge in [-0.3, -0.25) is 4.79 Å². The Morgan fingerprint density at radius 3 is 2.57 bits per heavy atom. The fourth-order valence-corrected chi connectivity index (χ4v) is 4.55. The van der Waals surface area contributed by atoms with Gasteiger partial charge >= 0.3 is 0 Å². The van der Waals surface area contributed by atoms with Crippen molar-refractivity contribution in [3.05, 3.63) is 58.4 Å². The third-order valence-electron chi connectivity index (χ3n) is 4.96. The molecular formula is C21H20Cl2N2O2S. The average molecular weight is 435 g/mol. The number of carbonyl (C=O) groups excluding carboxylic acids is 1. The maximum Gasteiger partial charge on any atom is 0.223 e. The van der Waals surface area contributed by atoms with E-state index in [0.29, 0.717) is 11.4 Å². The Bertz CT molecular complexity index is 966. The molecule has 1 aliphatic rings. The fraction of sp³-hybridized carbons (Fsp3) is 0.333. The van der Waals surface area contributed by atoms with Crippen LogP contribution in [0.4, 0.5) is 0 Å². The summed E-state index contributed by atoms with van der Waals surface area (Å²) in [4.78, 5) is 20.2. The Kier molecular flexibility index (Phi) is 6.14. The van der Waals surface area contributed by atoms with E-state index in [1.807, 2.05) is 47.4 Å².